The maximum Gasteiger partial charge on any atom is 0.326 e. The molecule has 1 unspecified atom stereocenters. The van der Waals surface area contributed by atoms with Gasteiger partial charge in [0, 0.05) is 12.7 Å². The first-order valence-corrected chi connectivity index (χ1v) is 6.40. The number of pyridine rings is 1. The van der Waals surface area contributed by atoms with Gasteiger partial charge in [-0.15, -0.1) is 0 Å². The number of nitrogens with one attached hydrogen (secondary N) is 1. The van der Waals surface area contributed by atoms with Gasteiger partial charge in [-0.2, -0.15) is 0 Å². The molecule has 0 bridgehead atoms. The second kappa shape index (κ2) is 7.83. The molecule has 0 radical (unpaired) electrons. The lowest BCUT2D eigenvalue weighted by Gasteiger charge is -2.23. The minimum absolute atomic E-state index is 0.242. The average molecular weight is 294 g/mol. The summed E-state index contributed by atoms with van der Waals surface area (Å²) in [5.74, 6) is -2.11. The number of hydrogen-bond acceptors (Lipinski definition) is 4. The number of urea groups is 1. The number of carbonyl (C=O) groups is 3. The first kappa shape index (κ1) is 16.4. The summed E-state index contributed by atoms with van der Waals surface area (Å²) in [6, 6.07) is 3.38. The lowest BCUT2D eigenvalue weighted by atomic mass is 10.2. The van der Waals surface area contributed by atoms with Crippen LogP contribution in [0.15, 0.2) is 24.4 Å². The van der Waals surface area contributed by atoms with Crippen molar-refractivity contribution in [3.63, 3.8) is 0 Å². The average Bonchev–Trinajstić information content (AvgIpc) is 2.44. The van der Waals surface area contributed by atoms with Crippen molar-refractivity contribution in [2.24, 2.45) is 5.73 Å². The monoisotopic (exact) mass is 294 g/mol. The summed E-state index contributed by atoms with van der Waals surface area (Å²) < 4.78 is 0. The Labute approximate surface area is 121 Å². The van der Waals surface area contributed by atoms with Crippen LogP contribution in [0.4, 0.5) is 4.79 Å². The normalized spacial score (nSPS) is 11.5. The molecule has 114 valence electrons. The van der Waals surface area contributed by atoms with Crippen molar-refractivity contribution in [3.05, 3.63) is 30.1 Å². The molecular weight excluding hydrogens is 276 g/mol. The molecule has 21 heavy (non-hydrogen) atoms. The van der Waals surface area contributed by atoms with E-state index in [1.807, 2.05) is 0 Å². The van der Waals surface area contributed by atoms with E-state index >= 15 is 0 Å². The zero-order valence-corrected chi connectivity index (χ0v) is 11.7. The molecule has 0 saturated carbocycles. The van der Waals surface area contributed by atoms with Crippen LogP contribution >= 0.6 is 0 Å². The highest BCUT2D eigenvalue weighted by Crippen LogP contribution is 2.02. The van der Waals surface area contributed by atoms with E-state index in [-0.39, 0.29) is 6.54 Å². The molecule has 0 fully saturated rings. The van der Waals surface area contributed by atoms with Crippen molar-refractivity contribution < 1.29 is 19.5 Å². The zero-order valence-electron chi connectivity index (χ0n) is 11.7. The maximum atomic E-state index is 12.0. The Kier molecular flexibility index (Phi) is 6.12. The second-order valence-electron chi connectivity index (χ2n) is 4.35. The smallest absolute Gasteiger partial charge is 0.326 e. The van der Waals surface area contributed by atoms with Gasteiger partial charge in [-0.25, -0.2) is 9.59 Å². The molecule has 0 aromatic carbocycles. The number of aliphatic carboxylic acids is 1. The van der Waals surface area contributed by atoms with E-state index in [0.29, 0.717) is 12.2 Å². The van der Waals surface area contributed by atoms with Crippen molar-refractivity contribution in [1.29, 1.82) is 0 Å². The molecule has 0 aliphatic rings. The third-order valence-electron chi connectivity index (χ3n) is 2.75. The van der Waals surface area contributed by atoms with Crippen LogP contribution in [0.1, 0.15) is 19.0 Å². The van der Waals surface area contributed by atoms with Crippen molar-refractivity contribution in [2.75, 3.05) is 6.54 Å². The highest BCUT2D eigenvalue weighted by Gasteiger charge is 2.24. The minimum atomic E-state index is -1.34. The summed E-state index contributed by atoms with van der Waals surface area (Å²) in [6.07, 6.45) is 1.15. The van der Waals surface area contributed by atoms with E-state index in [0.717, 1.165) is 0 Å². The van der Waals surface area contributed by atoms with Crippen LogP contribution in [0, 0.1) is 0 Å². The van der Waals surface area contributed by atoms with Gasteiger partial charge in [0.2, 0.25) is 5.91 Å². The number of amides is 3. The second-order valence-corrected chi connectivity index (χ2v) is 4.35. The van der Waals surface area contributed by atoms with Gasteiger partial charge >= 0.3 is 12.0 Å². The van der Waals surface area contributed by atoms with E-state index in [1.165, 1.54) is 4.90 Å². The number of carbonyl (C=O) groups excluding carboxylic acids is 2. The van der Waals surface area contributed by atoms with Crippen LogP contribution in [-0.2, 0) is 16.1 Å². The third kappa shape index (κ3) is 5.47. The molecule has 1 rings (SSSR count). The van der Waals surface area contributed by atoms with Gasteiger partial charge in [-0.3, -0.25) is 9.78 Å². The molecule has 0 aliphatic carbocycles. The Hall–Kier alpha value is -2.64. The van der Waals surface area contributed by atoms with Crippen molar-refractivity contribution in [2.45, 2.75) is 25.9 Å². The fraction of sp³-hybridized carbons (Fsp3) is 0.385. The number of carboxylic acid groups (broad SMARTS) is 1. The van der Waals surface area contributed by atoms with Crippen LogP contribution < -0.4 is 11.1 Å². The Bertz CT molecular complexity index is 506. The maximum absolute atomic E-state index is 12.0. The topological polar surface area (TPSA) is 126 Å². The van der Waals surface area contributed by atoms with E-state index in [2.05, 4.69) is 10.3 Å². The molecule has 1 aromatic rings. The minimum Gasteiger partial charge on any atom is -0.480 e. The first-order chi connectivity index (χ1) is 9.93. The Morgan fingerprint density at radius 1 is 1.43 bits per heavy atom. The molecule has 8 heteroatoms. The molecule has 8 nitrogen and oxygen atoms in total. The van der Waals surface area contributed by atoms with Crippen LogP contribution in [0.5, 0.6) is 0 Å². The van der Waals surface area contributed by atoms with Crippen molar-refractivity contribution in [3.8, 4) is 0 Å². The molecule has 4 N–H and O–H groups in total. The van der Waals surface area contributed by atoms with Gasteiger partial charge in [-0.1, -0.05) is 6.07 Å². The summed E-state index contributed by atoms with van der Waals surface area (Å²) >= 11 is 0. The Morgan fingerprint density at radius 3 is 2.62 bits per heavy atom. The molecule has 3 amide bonds. The predicted octanol–water partition coefficient (Wildman–Crippen LogP) is -0.0583. The van der Waals surface area contributed by atoms with Crippen LogP contribution in [0.2, 0.25) is 0 Å². The van der Waals surface area contributed by atoms with Crippen molar-refractivity contribution >= 4 is 17.9 Å². The van der Waals surface area contributed by atoms with Gasteiger partial charge < -0.3 is 21.1 Å². The van der Waals surface area contributed by atoms with Gasteiger partial charge in [-0.05, 0) is 19.1 Å². The van der Waals surface area contributed by atoms with Crippen LogP contribution in [0.25, 0.3) is 0 Å². The van der Waals surface area contributed by atoms with E-state index in [4.69, 9.17) is 10.8 Å². The molecule has 1 heterocycles. The van der Waals surface area contributed by atoms with E-state index < -0.39 is 30.4 Å². The fourth-order valence-electron chi connectivity index (χ4n) is 1.66. The summed E-state index contributed by atoms with van der Waals surface area (Å²) in [7, 11) is 0. The molecule has 1 aromatic heterocycles. The lowest BCUT2D eigenvalue weighted by molar-refractivity contribution is -0.140. The standard InChI is InChI=1S/C13H18N4O4/c1-2-17(8-9-5-3-4-6-15-9)13(21)16-10(12(19)20)7-11(14)18/h3-6,10H,2,7-8H2,1H3,(H2,14,18)(H,16,21)(H,19,20). The molecular formula is C13H18N4O4. The largest absolute Gasteiger partial charge is 0.480 e. The summed E-state index contributed by atoms with van der Waals surface area (Å²) in [5, 5.41) is 11.2. The summed E-state index contributed by atoms with van der Waals surface area (Å²) in [6.45, 7) is 2.36. The number of carboxylic acids is 1. The van der Waals surface area contributed by atoms with E-state index in [9.17, 15) is 14.4 Å². The quantitative estimate of drug-likeness (QED) is 0.649. The number of nitrogens with two attached hydrogens (primary N) is 1. The van der Waals surface area contributed by atoms with Crippen molar-refractivity contribution in [1.82, 2.24) is 15.2 Å². The molecule has 1 atom stereocenters. The van der Waals surface area contributed by atoms with Gasteiger partial charge in [0.05, 0.1) is 18.7 Å². The SMILES string of the molecule is CCN(Cc1ccccn1)C(=O)NC(CC(N)=O)C(=O)O. The Balaban J connectivity index is 2.69. The molecule has 0 aliphatic heterocycles. The highest BCUT2D eigenvalue weighted by molar-refractivity contribution is 5.87. The van der Waals surface area contributed by atoms with Gasteiger partial charge in [0.15, 0.2) is 0 Å². The first-order valence-electron chi connectivity index (χ1n) is 6.40. The lowest BCUT2D eigenvalue weighted by Crippen LogP contribution is -2.49. The van der Waals surface area contributed by atoms with E-state index in [1.54, 1.807) is 31.3 Å². The highest BCUT2D eigenvalue weighted by atomic mass is 16.4. The predicted molar refractivity (Wildman–Crippen MR) is 74.1 cm³/mol. The fourth-order valence-corrected chi connectivity index (χ4v) is 1.66. The van der Waals surface area contributed by atoms with Gasteiger partial charge in [0.25, 0.3) is 0 Å². The number of hydrogen-bond donors (Lipinski definition) is 3. The third-order valence-corrected chi connectivity index (χ3v) is 2.75. The molecule has 0 spiro atoms. The Morgan fingerprint density at radius 2 is 2.14 bits per heavy atom. The summed E-state index contributed by atoms with van der Waals surface area (Å²) in [4.78, 5) is 39.3. The number of nitrogens with zero attached hydrogens (tertiary/aromatic N) is 2. The van der Waals surface area contributed by atoms with Crippen LogP contribution in [-0.4, -0.2) is 45.5 Å². The van der Waals surface area contributed by atoms with Crippen LogP contribution in [0.3, 0.4) is 0 Å². The zero-order chi connectivity index (χ0) is 15.8. The number of primary amides is 1. The summed E-state index contributed by atoms with van der Waals surface area (Å²) in [5.41, 5.74) is 5.64. The molecule has 0 saturated heterocycles. The van der Waals surface area contributed by atoms with Gasteiger partial charge in [0.1, 0.15) is 6.04 Å². The number of rotatable bonds is 7. The number of aromatic nitrogens is 1.